The topological polar surface area (TPSA) is 136 Å². The van der Waals surface area contributed by atoms with Crippen LogP contribution in [0, 0.1) is 0 Å². The van der Waals surface area contributed by atoms with Crippen LogP contribution in [0.2, 0.25) is 0 Å². The number of nitrogens with zero attached hydrogens (tertiary/aromatic N) is 1. The maximum Gasteiger partial charge on any atom is 0.261 e. The van der Waals surface area contributed by atoms with E-state index in [9.17, 15) is 22.8 Å². The second kappa shape index (κ2) is 11.5. The normalized spacial score (nSPS) is 12.9. The zero-order valence-electron chi connectivity index (χ0n) is 21.0. The first-order valence-corrected chi connectivity index (χ1v) is 13.9. The van der Waals surface area contributed by atoms with Crippen LogP contribution in [0.1, 0.15) is 52.5 Å². The van der Waals surface area contributed by atoms with Crippen LogP contribution in [-0.2, 0) is 20.4 Å². The van der Waals surface area contributed by atoms with Gasteiger partial charge in [0.1, 0.15) is 5.75 Å². The van der Waals surface area contributed by atoms with Gasteiger partial charge in [0.15, 0.2) is 9.84 Å². The number of unbranched alkanes of at least 4 members (excludes halogenated alkanes) is 2. The summed E-state index contributed by atoms with van der Waals surface area (Å²) in [7, 11) is -3.70. The van der Waals surface area contributed by atoms with Gasteiger partial charge in [-0.2, -0.15) is 0 Å². The average Bonchev–Trinajstić information content (AvgIpc) is 3.12. The Balaban J connectivity index is 1.30. The predicted molar refractivity (Wildman–Crippen MR) is 144 cm³/mol. The molecule has 3 amide bonds. The number of rotatable bonds is 11. The lowest BCUT2D eigenvalue weighted by Gasteiger charge is -2.15. The molecular weight excluding hydrogens is 506 g/mol. The molecule has 0 bridgehead atoms. The molecule has 3 aromatic carbocycles. The minimum atomic E-state index is -3.70. The molecule has 0 atom stereocenters. The van der Waals surface area contributed by atoms with Crippen LogP contribution >= 0.6 is 0 Å². The molecule has 38 heavy (non-hydrogen) atoms. The summed E-state index contributed by atoms with van der Waals surface area (Å²) in [5.41, 5.74) is 8.16. The highest BCUT2D eigenvalue weighted by molar-refractivity contribution is 7.90. The fourth-order valence-electron chi connectivity index (χ4n) is 4.26. The molecule has 0 fully saturated rings. The van der Waals surface area contributed by atoms with E-state index >= 15 is 0 Å². The molecule has 0 unspecified atom stereocenters. The SMILES string of the molecule is CC(=O)Nc1ccc(S(=O)(=O)Cc2cc(N)ccc2OCCCCCN2C(=O)c3ccccc3C2=O)cc1. The summed E-state index contributed by atoms with van der Waals surface area (Å²) in [6.07, 6.45) is 2.01. The molecule has 0 radical (unpaired) electrons. The molecule has 0 spiro atoms. The van der Waals surface area contributed by atoms with Crippen LogP contribution in [0.5, 0.6) is 5.75 Å². The first kappa shape index (κ1) is 26.9. The largest absolute Gasteiger partial charge is 0.493 e. The Labute approximate surface area is 221 Å². The summed E-state index contributed by atoms with van der Waals surface area (Å²) in [6.45, 7) is 2.05. The van der Waals surface area contributed by atoms with Gasteiger partial charge in [0.25, 0.3) is 11.8 Å². The summed E-state index contributed by atoms with van der Waals surface area (Å²) in [5, 5.41) is 2.61. The zero-order valence-corrected chi connectivity index (χ0v) is 21.8. The number of anilines is 2. The monoisotopic (exact) mass is 535 g/mol. The van der Waals surface area contributed by atoms with Gasteiger partial charge >= 0.3 is 0 Å². The van der Waals surface area contributed by atoms with Gasteiger partial charge in [0, 0.05) is 30.4 Å². The van der Waals surface area contributed by atoms with Crippen molar-refractivity contribution in [2.45, 2.75) is 36.8 Å². The van der Waals surface area contributed by atoms with E-state index in [-0.39, 0.29) is 28.4 Å². The number of carbonyl (C=O) groups is 3. The van der Waals surface area contributed by atoms with Crippen molar-refractivity contribution in [1.82, 2.24) is 4.90 Å². The Morgan fingerprint density at radius 1 is 0.921 bits per heavy atom. The first-order valence-electron chi connectivity index (χ1n) is 12.2. The zero-order chi connectivity index (χ0) is 27.3. The van der Waals surface area contributed by atoms with Crippen LogP contribution in [0.3, 0.4) is 0 Å². The molecule has 198 valence electrons. The first-order chi connectivity index (χ1) is 18.2. The maximum atomic E-state index is 13.0. The van der Waals surface area contributed by atoms with Crippen molar-refractivity contribution < 1.29 is 27.5 Å². The summed E-state index contributed by atoms with van der Waals surface area (Å²) >= 11 is 0. The molecular formula is C28H29N3O6S. The molecule has 10 heteroatoms. The third-order valence-corrected chi connectivity index (χ3v) is 7.81. The molecule has 3 aromatic rings. The fourth-order valence-corrected chi connectivity index (χ4v) is 5.62. The fraction of sp³-hybridized carbons (Fsp3) is 0.250. The average molecular weight is 536 g/mol. The number of amides is 3. The number of imide groups is 1. The Morgan fingerprint density at radius 3 is 2.21 bits per heavy atom. The Kier molecular flexibility index (Phi) is 8.11. The van der Waals surface area contributed by atoms with Crippen LogP contribution in [0.15, 0.2) is 71.6 Å². The molecule has 0 aliphatic carbocycles. The van der Waals surface area contributed by atoms with Crippen molar-refractivity contribution in [2.24, 2.45) is 0 Å². The van der Waals surface area contributed by atoms with Crippen molar-refractivity contribution in [1.29, 1.82) is 0 Å². The lowest BCUT2D eigenvalue weighted by Crippen LogP contribution is -2.30. The van der Waals surface area contributed by atoms with E-state index in [1.54, 1.807) is 42.5 Å². The second-order valence-electron chi connectivity index (χ2n) is 9.05. The molecule has 1 aliphatic heterocycles. The number of benzene rings is 3. The molecule has 3 N–H and O–H groups in total. The smallest absolute Gasteiger partial charge is 0.261 e. The molecule has 0 saturated heterocycles. The van der Waals surface area contributed by atoms with Crippen molar-refractivity contribution in [3.63, 3.8) is 0 Å². The van der Waals surface area contributed by atoms with Gasteiger partial charge < -0.3 is 15.8 Å². The molecule has 9 nitrogen and oxygen atoms in total. The lowest BCUT2D eigenvalue weighted by atomic mass is 10.1. The minimum absolute atomic E-state index is 0.119. The van der Waals surface area contributed by atoms with Crippen molar-refractivity contribution in [3.8, 4) is 5.75 Å². The highest BCUT2D eigenvalue weighted by Crippen LogP contribution is 2.27. The lowest BCUT2D eigenvalue weighted by molar-refractivity contribution is -0.114. The van der Waals surface area contributed by atoms with E-state index in [4.69, 9.17) is 10.5 Å². The van der Waals surface area contributed by atoms with Crippen LogP contribution in [0.25, 0.3) is 0 Å². The number of nitrogens with two attached hydrogens (primary N) is 1. The maximum absolute atomic E-state index is 13.0. The van der Waals surface area contributed by atoms with Gasteiger partial charge in [0.05, 0.1) is 28.4 Å². The third-order valence-electron chi connectivity index (χ3n) is 6.13. The van der Waals surface area contributed by atoms with Crippen LogP contribution in [0.4, 0.5) is 11.4 Å². The second-order valence-corrected chi connectivity index (χ2v) is 11.0. The number of hydrogen-bond donors (Lipinski definition) is 2. The molecule has 0 aromatic heterocycles. The van der Waals surface area contributed by atoms with E-state index in [0.29, 0.717) is 59.8 Å². The number of ether oxygens (including phenoxy) is 1. The van der Waals surface area contributed by atoms with Gasteiger partial charge in [-0.1, -0.05) is 12.1 Å². The van der Waals surface area contributed by atoms with Crippen molar-refractivity contribution in [2.75, 3.05) is 24.2 Å². The van der Waals surface area contributed by atoms with E-state index in [2.05, 4.69) is 5.32 Å². The van der Waals surface area contributed by atoms with Gasteiger partial charge in [-0.15, -0.1) is 0 Å². The summed E-state index contributed by atoms with van der Waals surface area (Å²) < 4.78 is 31.9. The highest BCUT2D eigenvalue weighted by atomic mass is 32.2. The molecule has 1 heterocycles. The summed E-state index contributed by atoms with van der Waals surface area (Å²) in [6, 6.07) is 17.7. The van der Waals surface area contributed by atoms with E-state index < -0.39 is 9.84 Å². The highest BCUT2D eigenvalue weighted by Gasteiger charge is 2.34. The Hall–Kier alpha value is -4.18. The third kappa shape index (κ3) is 6.20. The van der Waals surface area contributed by atoms with Crippen molar-refractivity contribution >= 4 is 38.9 Å². The van der Waals surface area contributed by atoms with Crippen LogP contribution < -0.4 is 15.8 Å². The van der Waals surface area contributed by atoms with E-state index in [0.717, 1.165) is 6.42 Å². The Bertz CT molecular complexity index is 1430. The molecule has 0 saturated carbocycles. The number of hydrogen-bond acceptors (Lipinski definition) is 7. The quantitative estimate of drug-likeness (QED) is 0.215. The molecule has 4 rings (SSSR count). The minimum Gasteiger partial charge on any atom is -0.493 e. The molecule has 1 aliphatic rings. The Morgan fingerprint density at radius 2 is 1.58 bits per heavy atom. The summed E-state index contributed by atoms with van der Waals surface area (Å²) in [4.78, 5) is 37.5. The predicted octanol–water partition coefficient (Wildman–Crippen LogP) is 4.05. The van der Waals surface area contributed by atoms with Gasteiger partial charge in [-0.25, -0.2) is 8.42 Å². The van der Waals surface area contributed by atoms with E-state index in [1.807, 2.05) is 0 Å². The van der Waals surface area contributed by atoms with Crippen molar-refractivity contribution in [3.05, 3.63) is 83.4 Å². The van der Waals surface area contributed by atoms with Gasteiger partial charge in [0.2, 0.25) is 5.91 Å². The standard InChI is InChI=1S/C28H29N3O6S/c1-19(32)30-22-10-12-23(13-11-22)38(35,36)18-20-17-21(29)9-14-26(20)37-16-6-2-5-15-31-27(33)24-7-3-4-8-25(24)28(31)34/h3-4,7-14,17H,2,5-6,15-16,18,29H2,1H3,(H,30,32). The number of nitrogens with one attached hydrogen (secondary N) is 1. The van der Waals surface area contributed by atoms with Gasteiger partial charge in [-0.3, -0.25) is 19.3 Å². The number of carbonyl (C=O) groups excluding carboxylic acids is 3. The van der Waals surface area contributed by atoms with E-state index in [1.165, 1.54) is 36.1 Å². The number of sulfone groups is 1. The van der Waals surface area contributed by atoms with Crippen LogP contribution in [-0.4, -0.2) is 44.2 Å². The van der Waals surface area contributed by atoms with Gasteiger partial charge in [-0.05, 0) is 73.9 Å². The number of fused-ring (bicyclic) bond motifs is 1. The summed E-state index contributed by atoms with van der Waals surface area (Å²) in [5.74, 6) is -0.644. The number of nitrogen functional groups attached to an aromatic ring is 1.